The normalized spacial score (nSPS) is 19.1. The highest BCUT2D eigenvalue weighted by Gasteiger charge is 2.36. The van der Waals surface area contributed by atoms with Gasteiger partial charge < -0.3 is 9.47 Å². The molecule has 38 heavy (non-hydrogen) atoms. The van der Waals surface area contributed by atoms with E-state index in [0.29, 0.717) is 29.0 Å². The van der Waals surface area contributed by atoms with Crippen molar-refractivity contribution in [2.24, 2.45) is 5.41 Å². The first-order chi connectivity index (χ1) is 18.5. The first-order valence-electron chi connectivity index (χ1n) is 14.7. The summed E-state index contributed by atoms with van der Waals surface area (Å²) >= 11 is 0. The lowest BCUT2D eigenvalue weighted by Crippen LogP contribution is -2.31. The van der Waals surface area contributed by atoms with Gasteiger partial charge in [-0.05, 0) is 68.4 Å². The molecule has 0 amide bonds. The number of hydrogen-bond donors (Lipinski definition) is 0. The Bertz CT molecular complexity index is 1040. The monoisotopic (exact) mass is 521 g/mol. The molecule has 4 nitrogen and oxygen atoms in total. The Kier molecular flexibility index (Phi) is 12.1. The summed E-state index contributed by atoms with van der Waals surface area (Å²) in [5.74, 6) is -0.176. The smallest absolute Gasteiger partial charge is 0.338 e. The lowest BCUT2D eigenvalue weighted by Gasteiger charge is -2.34. The first kappa shape index (κ1) is 29.7. The molecule has 0 bridgehead atoms. The standard InChI is InChI=1S/C33H44FNO3/c1-3-5-7-9-10-20-33(25-35)21-18-28(19-22-33)38-32(36)27-14-12-26(13-15-27)30-17-16-29(24-31(30)34)37-23-11-8-6-4-2/h12-17,24,28H,3-11,18-23H2,1-2H3. The van der Waals surface area contributed by atoms with Crippen molar-refractivity contribution in [3.8, 4) is 22.9 Å². The van der Waals surface area contributed by atoms with Gasteiger partial charge in [-0.2, -0.15) is 5.26 Å². The van der Waals surface area contributed by atoms with Crippen molar-refractivity contribution in [2.45, 2.75) is 110 Å². The third-order valence-corrected chi connectivity index (χ3v) is 7.80. The van der Waals surface area contributed by atoms with Gasteiger partial charge in [-0.15, -0.1) is 0 Å². The van der Waals surface area contributed by atoms with Crippen molar-refractivity contribution in [3.05, 3.63) is 53.8 Å². The van der Waals surface area contributed by atoms with Crippen LogP contribution in [-0.2, 0) is 4.74 Å². The van der Waals surface area contributed by atoms with Gasteiger partial charge in [0.25, 0.3) is 0 Å². The van der Waals surface area contributed by atoms with E-state index in [-0.39, 0.29) is 23.3 Å². The van der Waals surface area contributed by atoms with Gasteiger partial charge in [0.2, 0.25) is 0 Å². The fourth-order valence-electron chi connectivity index (χ4n) is 5.29. The molecular weight excluding hydrogens is 477 g/mol. The van der Waals surface area contributed by atoms with Gasteiger partial charge in [0.05, 0.1) is 23.7 Å². The lowest BCUT2D eigenvalue weighted by molar-refractivity contribution is 0.0105. The van der Waals surface area contributed by atoms with Crippen molar-refractivity contribution in [2.75, 3.05) is 6.61 Å². The maximum absolute atomic E-state index is 14.8. The van der Waals surface area contributed by atoms with Crippen LogP contribution in [0.5, 0.6) is 5.75 Å². The maximum atomic E-state index is 14.8. The van der Waals surface area contributed by atoms with Crippen LogP contribution in [0.2, 0.25) is 0 Å². The zero-order valence-electron chi connectivity index (χ0n) is 23.3. The number of nitriles is 1. The van der Waals surface area contributed by atoms with Gasteiger partial charge in [0.15, 0.2) is 0 Å². The predicted molar refractivity (Wildman–Crippen MR) is 151 cm³/mol. The van der Waals surface area contributed by atoms with Crippen molar-refractivity contribution in [3.63, 3.8) is 0 Å². The summed E-state index contributed by atoms with van der Waals surface area (Å²) in [6.45, 7) is 4.96. The number of benzene rings is 2. The second-order valence-corrected chi connectivity index (χ2v) is 10.8. The number of carbonyl (C=O) groups is 1. The van der Waals surface area contributed by atoms with Crippen LogP contribution in [0.15, 0.2) is 42.5 Å². The number of esters is 1. The van der Waals surface area contributed by atoms with E-state index in [4.69, 9.17) is 9.47 Å². The summed E-state index contributed by atoms with van der Waals surface area (Å²) in [5.41, 5.74) is 1.35. The van der Waals surface area contributed by atoms with Crippen LogP contribution in [0.4, 0.5) is 4.39 Å². The molecule has 206 valence electrons. The van der Waals surface area contributed by atoms with Crippen molar-refractivity contribution < 1.29 is 18.7 Å². The van der Waals surface area contributed by atoms with Crippen molar-refractivity contribution in [1.29, 1.82) is 5.26 Å². The highest BCUT2D eigenvalue weighted by Crippen LogP contribution is 2.41. The minimum atomic E-state index is -0.363. The molecule has 0 saturated heterocycles. The molecule has 0 spiro atoms. The van der Waals surface area contributed by atoms with E-state index in [1.807, 2.05) is 0 Å². The van der Waals surface area contributed by atoms with Crippen molar-refractivity contribution >= 4 is 5.97 Å². The van der Waals surface area contributed by atoms with E-state index in [1.165, 1.54) is 44.6 Å². The van der Waals surface area contributed by atoms with Gasteiger partial charge in [0.1, 0.15) is 17.7 Å². The zero-order chi connectivity index (χ0) is 27.2. The molecule has 0 aromatic heterocycles. The molecule has 1 fully saturated rings. The minimum absolute atomic E-state index is 0.157. The van der Waals surface area contributed by atoms with E-state index >= 15 is 0 Å². The second-order valence-electron chi connectivity index (χ2n) is 10.8. The number of carbonyl (C=O) groups excluding carboxylic acids is 1. The summed E-state index contributed by atoms with van der Waals surface area (Å²) in [5, 5.41) is 9.82. The predicted octanol–water partition coefficient (Wildman–Crippen LogP) is 9.42. The molecule has 1 aliphatic rings. The van der Waals surface area contributed by atoms with Gasteiger partial charge >= 0.3 is 5.97 Å². The number of nitrogens with zero attached hydrogens (tertiary/aromatic N) is 1. The average Bonchev–Trinajstić information content (AvgIpc) is 2.94. The number of ether oxygens (including phenoxy) is 2. The Morgan fingerprint density at radius 2 is 1.61 bits per heavy atom. The molecular formula is C33H44FNO3. The minimum Gasteiger partial charge on any atom is -0.493 e. The van der Waals surface area contributed by atoms with Gasteiger partial charge in [-0.1, -0.05) is 77.3 Å². The highest BCUT2D eigenvalue weighted by atomic mass is 19.1. The Balaban J connectivity index is 1.48. The molecule has 1 saturated carbocycles. The third-order valence-electron chi connectivity index (χ3n) is 7.80. The van der Waals surface area contributed by atoms with Crippen molar-refractivity contribution in [1.82, 2.24) is 0 Å². The molecule has 5 heteroatoms. The second kappa shape index (κ2) is 15.5. The van der Waals surface area contributed by atoms with Gasteiger partial charge in [0, 0.05) is 11.6 Å². The topological polar surface area (TPSA) is 59.3 Å². The summed E-state index contributed by atoms with van der Waals surface area (Å²) < 4.78 is 26.2. The van der Waals surface area contributed by atoms with Crippen LogP contribution in [0.3, 0.4) is 0 Å². The highest BCUT2D eigenvalue weighted by molar-refractivity contribution is 5.90. The number of unbranched alkanes of at least 4 members (excludes halogenated alkanes) is 7. The fraction of sp³-hybridized carbons (Fsp3) is 0.576. The van der Waals surface area contributed by atoms with E-state index in [2.05, 4.69) is 19.9 Å². The van der Waals surface area contributed by atoms with Crippen LogP contribution in [-0.4, -0.2) is 18.7 Å². The van der Waals surface area contributed by atoms with E-state index in [0.717, 1.165) is 51.4 Å². The molecule has 0 radical (unpaired) electrons. The summed E-state index contributed by atoms with van der Waals surface area (Å²) in [6.07, 6.45) is 14.2. The summed E-state index contributed by atoms with van der Waals surface area (Å²) in [4.78, 5) is 12.8. The Hall–Kier alpha value is -2.87. The SMILES string of the molecule is CCCCCCCC1(C#N)CCC(OC(=O)c2ccc(-c3ccc(OCCCCCC)cc3F)cc2)CC1. The molecule has 3 rings (SSSR count). The molecule has 0 N–H and O–H groups in total. The quantitative estimate of drug-likeness (QED) is 0.173. The van der Waals surface area contributed by atoms with E-state index < -0.39 is 0 Å². The molecule has 1 aliphatic carbocycles. The number of rotatable bonds is 15. The largest absolute Gasteiger partial charge is 0.493 e. The van der Waals surface area contributed by atoms with Crippen LogP contribution in [0, 0.1) is 22.6 Å². The zero-order valence-corrected chi connectivity index (χ0v) is 23.3. The molecule has 2 aromatic rings. The number of halogens is 1. The molecule has 0 atom stereocenters. The van der Waals surface area contributed by atoms with Crippen LogP contribution in [0.25, 0.3) is 11.1 Å². The van der Waals surface area contributed by atoms with Crippen LogP contribution >= 0.6 is 0 Å². The maximum Gasteiger partial charge on any atom is 0.338 e. The summed E-state index contributed by atoms with van der Waals surface area (Å²) in [7, 11) is 0. The Morgan fingerprint density at radius 1 is 0.947 bits per heavy atom. The number of hydrogen-bond acceptors (Lipinski definition) is 4. The fourth-order valence-corrected chi connectivity index (χ4v) is 5.29. The molecule has 0 unspecified atom stereocenters. The summed E-state index contributed by atoms with van der Waals surface area (Å²) in [6, 6.07) is 14.4. The van der Waals surface area contributed by atoms with E-state index in [9.17, 15) is 14.4 Å². The molecule has 0 heterocycles. The van der Waals surface area contributed by atoms with Crippen LogP contribution < -0.4 is 4.74 Å². The third kappa shape index (κ3) is 8.86. The molecule has 0 aliphatic heterocycles. The Morgan fingerprint density at radius 3 is 2.24 bits per heavy atom. The lowest BCUT2D eigenvalue weighted by atomic mass is 9.71. The van der Waals surface area contributed by atoms with Crippen LogP contribution in [0.1, 0.15) is 114 Å². The Labute approximate surface area is 228 Å². The van der Waals surface area contributed by atoms with E-state index in [1.54, 1.807) is 36.4 Å². The first-order valence-corrected chi connectivity index (χ1v) is 14.7. The average molecular weight is 522 g/mol. The van der Waals surface area contributed by atoms with Gasteiger partial charge in [-0.3, -0.25) is 0 Å². The van der Waals surface area contributed by atoms with Gasteiger partial charge in [-0.25, -0.2) is 9.18 Å². The molecule has 2 aromatic carbocycles.